The highest BCUT2D eigenvalue weighted by Gasteiger charge is 2.37. The lowest BCUT2D eigenvalue weighted by molar-refractivity contribution is -0.135. The first-order valence-electron chi connectivity index (χ1n) is 9.83. The van der Waals surface area contributed by atoms with Crippen LogP contribution in [0.3, 0.4) is 0 Å². The van der Waals surface area contributed by atoms with Crippen molar-refractivity contribution in [2.24, 2.45) is 5.92 Å². The van der Waals surface area contributed by atoms with Crippen LogP contribution in [0.4, 0.5) is 4.39 Å². The fraction of sp³-hybridized carbons (Fsp3) is 0.524. The molecule has 1 aromatic carbocycles. The molecule has 1 amide bonds. The number of benzene rings is 1. The summed E-state index contributed by atoms with van der Waals surface area (Å²) in [5.41, 5.74) is 3.11. The number of hydrogen-bond donors (Lipinski definition) is 1. The number of imidazole rings is 1. The first-order valence-corrected chi connectivity index (χ1v) is 9.83. The smallest absolute Gasteiger partial charge is 0.223 e. The van der Waals surface area contributed by atoms with E-state index in [1.807, 2.05) is 6.07 Å². The minimum absolute atomic E-state index is 0.201. The van der Waals surface area contributed by atoms with E-state index >= 15 is 0 Å². The number of nitrogens with zero attached hydrogens (tertiary/aromatic N) is 3. The van der Waals surface area contributed by atoms with Gasteiger partial charge in [-0.25, -0.2) is 9.37 Å². The maximum atomic E-state index is 13.3. The Morgan fingerprint density at radius 2 is 2.19 bits per heavy atom. The zero-order valence-electron chi connectivity index (χ0n) is 15.8. The number of aromatic nitrogens is 2. The third kappa shape index (κ3) is 4.21. The van der Waals surface area contributed by atoms with Crippen LogP contribution in [0.15, 0.2) is 30.6 Å². The third-order valence-corrected chi connectivity index (χ3v) is 5.93. The van der Waals surface area contributed by atoms with Crippen molar-refractivity contribution in [3.05, 3.63) is 53.4 Å². The Morgan fingerprint density at radius 3 is 2.96 bits per heavy atom. The molecule has 0 aliphatic carbocycles. The maximum absolute atomic E-state index is 13.3. The van der Waals surface area contributed by atoms with Crippen molar-refractivity contribution in [1.82, 2.24) is 19.8 Å². The van der Waals surface area contributed by atoms with Gasteiger partial charge in [-0.3, -0.25) is 9.69 Å². The number of nitrogens with one attached hydrogen (secondary N) is 1. The lowest BCUT2D eigenvalue weighted by Crippen LogP contribution is -2.47. The van der Waals surface area contributed by atoms with Crippen LogP contribution < -0.4 is 0 Å². The van der Waals surface area contributed by atoms with E-state index in [9.17, 15) is 9.18 Å². The first-order chi connectivity index (χ1) is 13.1. The molecule has 3 aliphatic heterocycles. The van der Waals surface area contributed by atoms with Crippen molar-refractivity contribution in [2.75, 3.05) is 19.6 Å². The molecule has 0 saturated carbocycles. The minimum atomic E-state index is -0.238. The van der Waals surface area contributed by atoms with Gasteiger partial charge in [0.25, 0.3) is 0 Å². The van der Waals surface area contributed by atoms with Crippen molar-refractivity contribution >= 4 is 5.91 Å². The Hall–Kier alpha value is -2.21. The van der Waals surface area contributed by atoms with Gasteiger partial charge < -0.3 is 9.88 Å². The summed E-state index contributed by atoms with van der Waals surface area (Å²) >= 11 is 0. The molecular weight excluding hydrogens is 343 g/mol. The summed E-state index contributed by atoms with van der Waals surface area (Å²) in [7, 11) is 0. The van der Waals surface area contributed by atoms with Crippen molar-refractivity contribution in [2.45, 2.75) is 45.2 Å². The quantitative estimate of drug-likeness (QED) is 0.880. The van der Waals surface area contributed by atoms with Crippen LogP contribution in [0.5, 0.6) is 0 Å². The molecule has 2 atom stereocenters. The van der Waals surface area contributed by atoms with Gasteiger partial charge in [-0.05, 0) is 49.8 Å². The largest absolute Gasteiger partial charge is 0.348 e. The molecule has 3 fully saturated rings. The second-order valence-electron chi connectivity index (χ2n) is 7.94. The zero-order valence-corrected chi connectivity index (χ0v) is 15.8. The number of carbonyl (C=O) groups excluding carboxylic acids is 1. The standard InChI is InChI=1S/C21H27FN4O/c1-15-20(24-14-23-15)13-25-10-17-5-7-19(12-25)26(11-17)21(27)8-6-16-3-2-4-18(22)9-16/h2-4,9,14,17,19H,5-8,10-13H2,1H3,(H,23,24)/t17-,19+/m0/s1. The fourth-order valence-electron chi connectivity index (χ4n) is 4.46. The number of fused-ring (bicyclic) bond motifs is 4. The molecule has 2 bridgehead atoms. The Morgan fingerprint density at radius 1 is 1.30 bits per heavy atom. The van der Waals surface area contributed by atoms with E-state index in [-0.39, 0.29) is 17.8 Å². The van der Waals surface area contributed by atoms with Crippen molar-refractivity contribution < 1.29 is 9.18 Å². The number of aryl methyl sites for hydroxylation is 2. The van der Waals surface area contributed by atoms with Gasteiger partial charge in [0.1, 0.15) is 5.82 Å². The SMILES string of the molecule is Cc1[nH]cnc1CN1C[C@@H]2CC[C@H](C1)N(C(=O)CCc1cccc(F)c1)C2. The summed E-state index contributed by atoms with van der Waals surface area (Å²) in [6.07, 6.45) is 5.06. The van der Waals surface area contributed by atoms with E-state index in [0.29, 0.717) is 18.8 Å². The minimum Gasteiger partial charge on any atom is -0.348 e. The highest BCUT2D eigenvalue weighted by atomic mass is 19.1. The average molecular weight is 370 g/mol. The Labute approximate surface area is 159 Å². The van der Waals surface area contributed by atoms with Gasteiger partial charge in [0.15, 0.2) is 0 Å². The number of halogens is 1. The van der Waals surface area contributed by atoms with Crippen molar-refractivity contribution in [1.29, 1.82) is 0 Å². The first kappa shape index (κ1) is 18.2. The molecule has 3 saturated heterocycles. The molecule has 2 aromatic rings. The summed E-state index contributed by atoms with van der Waals surface area (Å²) in [6, 6.07) is 6.84. The van der Waals surface area contributed by atoms with Crippen molar-refractivity contribution in [3.8, 4) is 0 Å². The molecule has 1 N–H and O–H groups in total. The predicted molar refractivity (Wildman–Crippen MR) is 102 cm³/mol. The van der Waals surface area contributed by atoms with Crippen LogP contribution in [0.1, 0.15) is 36.2 Å². The van der Waals surface area contributed by atoms with E-state index in [0.717, 1.165) is 49.6 Å². The molecule has 4 heterocycles. The third-order valence-electron chi connectivity index (χ3n) is 5.93. The lowest BCUT2D eigenvalue weighted by Gasteiger charge is -2.36. The van der Waals surface area contributed by atoms with Crippen LogP contribution in [0, 0.1) is 18.7 Å². The molecule has 3 aliphatic rings. The van der Waals surface area contributed by atoms with E-state index in [1.165, 1.54) is 18.6 Å². The second-order valence-corrected chi connectivity index (χ2v) is 7.94. The highest BCUT2D eigenvalue weighted by Crippen LogP contribution is 2.29. The molecule has 1 aromatic heterocycles. The van der Waals surface area contributed by atoms with Gasteiger partial charge in [-0.1, -0.05) is 12.1 Å². The Bertz CT molecular complexity index is 805. The highest BCUT2D eigenvalue weighted by molar-refractivity contribution is 5.77. The van der Waals surface area contributed by atoms with Gasteiger partial charge in [-0.2, -0.15) is 0 Å². The number of piperidine rings is 1. The van der Waals surface area contributed by atoms with E-state index in [2.05, 4.69) is 26.7 Å². The van der Waals surface area contributed by atoms with Gasteiger partial charge >= 0.3 is 0 Å². The molecule has 0 spiro atoms. The number of aromatic amines is 1. The normalized spacial score (nSPS) is 22.8. The number of carbonyl (C=O) groups is 1. The summed E-state index contributed by atoms with van der Waals surface area (Å²) in [6.45, 7) is 5.68. The molecule has 0 radical (unpaired) electrons. The average Bonchev–Trinajstić information content (AvgIpc) is 2.87. The van der Waals surface area contributed by atoms with Gasteiger partial charge in [-0.15, -0.1) is 0 Å². The summed E-state index contributed by atoms with van der Waals surface area (Å²) in [5.74, 6) is 0.492. The molecule has 5 nitrogen and oxygen atoms in total. The summed E-state index contributed by atoms with van der Waals surface area (Å²) in [4.78, 5) is 25.0. The molecule has 5 rings (SSSR count). The molecule has 27 heavy (non-hydrogen) atoms. The van der Waals surface area contributed by atoms with Crippen LogP contribution in [-0.2, 0) is 17.8 Å². The van der Waals surface area contributed by atoms with Crippen LogP contribution in [-0.4, -0.2) is 51.4 Å². The Kier molecular flexibility index (Phi) is 5.25. The van der Waals surface area contributed by atoms with E-state index in [1.54, 1.807) is 12.4 Å². The summed E-state index contributed by atoms with van der Waals surface area (Å²) < 4.78 is 13.3. The molecular formula is C21H27FN4O. The van der Waals surface area contributed by atoms with Crippen LogP contribution in [0.2, 0.25) is 0 Å². The molecule has 6 heteroatoms. The topological polar surface area (TPSA) is 52.2 Å². The maximum Gasteiger partial charge on any atom is 0.223 e. The van der Waals surface area contributed by atoms with Gasteiger partial charge in [0, 0.05) is 44.3 Å². The van der Waals surface area contributed by atoms with E-state index < -0.39 is 0 Å². The lowest BCUT2D eigenvalue weighted by atomic mass is 9.94. The zero-order chi connectivity index (χ0) is 18.8. The van der Waals surface area contributed by atoms with Crippen LogP contribution in [0.25, 0.3) is 0 Å². The van der Waals surface area contributed by atoms with Gasteiger partial charge in [0.05, 0.1) is 12.0 Å². The number of H-pyrrole nitrogens is 1. The number of hydrogen-bond acceptors (Lipinski definition) is 3. The second kappa shape index (κ2) is 7.80. The predicted octanol–water partition coefficient (Wildman–Crippen LogP) is 2.91. The number of amides is 1. The molecule has 144 valence electrons. The number of rotatable bonds is 5. The molecule has 0 unspecified atom stereocenters. The Balaban J connectivity index is 1.38. The van der Waals surface area contributed by atoms with Crippen molar-refractivity contribution in [3.63, 3.8) is 0 Å². The summed E-state index contributed by atoms with van der Waals surface area (Å²) in [5, 5.41) is 0. The van der Waals surface area contributed by atoms with Crippen LogP contribution >= 0.6 is 0 Å². The fourth-order valence-corrected chi connectivity index (χ4v) is 4.46. The monoisotopic (exact) mass is 370 g/mol. The van der Waals surface area contributed by atoms with Gasteiger partial charge in [0.2, 0.25) is 5.91 Å². The van der Waals surface area contributed by atoms with E-state index in [4.69, 9.17) is 0 Å².